The molecule has 3 N–H and O–H groups in total. The van der Waals surface area contributed by atoms with Crippen molar-refractivity contribution in [2.75, 3.05) is 13.7 Å². The topological polar surface area (TPSA) is 112 Å². The number of hydrogen-bond acceptors (Lipinski definition) is 5. The minimum atomic E-state index is -3.93. The SMILES string of the molecule is COCC(C)NC(=O)c1cc(S(N)(=O)=O)c(Br)o1. The van der Waals surface area contributed by atoms with Gasteiger partial charge in [-0.25, -0.2) is 13.6 Å². The maximum absolute atomic E-state index is 11.7. The van der Waals surface area contributed by atoms with Crippen LogP contribution in [0.25, 0.3) is 0 Å². The van der Waals surface area contributed by atoms with E-state index < -0.39 is 15.9 Å². The van der Waals surface area contributed by atoms with Crippen LogP contribution in [0.2, 0.25) is 0 Å². The zero-order chi connectivity index (χ0) is 13.9. The van der Waals surface area contributed by atoms with Crippen LogP contribution >= 0.6 is 15.9 Å². The number of furan rings is 1. The van der Waals surface area contributed by atoms with Crippen LogP contribution in [-0.2, 0) is 14.8 Å². The summed E-state index contributed by atoms with van der Waals surface area (Å²) in [6.45, 7) is 2.07. The molecule has 0 fully saturated rings. The zero-order valence-corrected chi connectivity index (χ0v) is 12.2. The van der Waals surface area contributed by atoms with Crippen LogP contribution in [-0.4, -0.2) is 34.1 Å². The predicted octanol–water partition coefficient (Wildman–Crippen LogP) is 0.454. The van der Waals surface area contributed by atoms with Crippen LogP contribution in [0.5, 0.6) is 0 Å². The molecule has 0 aliphatic carbocycles. The summed E-state index contributed by atoms with van der Waals surface area (Å²) < 4.78 is 32.0. The van der Waals surface area contributed by atoms with Crippen molar-refractivity contribution in [3.05, 3.63) is 16.5 Å². The number of nitrogens with one attached hydrogen (secondary N) is 1. The number of methoxy groups -OCH3 is 1. The highest BCUT2D eigenvalue weighted by atomic mass is 79.9. The molecule has 0 spiro atoms. The summed E-state index contributed by atoms with van der Waals surface area (Å²) in [5.74, 6) is -0.691. The number of nitrogens with two attached hydrogens (primary N) is 1. The van der Waals surface area contributed by atoms with Crippen LogP contribution < -0.4 is 10.5 Å². The summed E-state index contributed by atoms with van der Waals surface area (Å²) >= 11 is 2.89. The molecule has 1 heterocycles. The summed E-state index contributed by atoms with van der Waals surface area (Å²) in [5.41, 5.74) is 0. The van der Waals surface area contributed by atoms with Crippen molar-refractivity contribution >= 4 is 31.9 Å². The highest BCUT2D eigenvalue weighted by Crippen LogP contribution is 2.24. The molecule has 102 valence electrons. The van der Waals surface area contributed by atoms with Gasteiger partial charge >= 0.3 is 0 Å². The third kappa shape index (κ3) is 3.80. The van der Waals surface area contributed by atoms with Crippen LogP contribution in [0.3, 0.4) is 0 Å². The summed E-state index contributed by atoms with van der Waals surface area (Å²) in [6.07, 6.45) is 0. The Hall–Kier alpha value is -0.900. The molecule has 1 atom stereocenters. The molecule has 0 saturated heterocycles. The first-order chi connectivity index (χ1) is 8.25. The number of halogens is 1. The van der Waals surface area contributed by atoms with Gasteiger partial charge in [0.1, 0.15) is 4.90 Å². The molecule has 0 saturated carbocycles. The maximum atomic E-state index is 11.7. The average Bonchev–Trinajstić information content (AvgIpc) is 2.60. The molecule has 1 rings (SSSR count). The molecule has 0 radical (unpaired) electrons. The quantitative estimate of drug-likeness (QED) is 0.808. The average molecular weight is 341 g/mol. The lowest BCUT2D eigenvalue weighted by atomic mass is 10.3. The lowest BCUT2D eigenvalue weighted by Crippen LogP contribution is -2.35. The Kier molecular flexibility index (Phi) is 4.91. The van der Waals surface area contributed by atoms with E-state index in [1.54, 1.807) is 6.92 Å². The van der Waals surface area contributed by atoms with E-state index in [1.807, 2.05) is 0 Å². The number of rotatable bonds is 5. The van der Waals surface area contributed by atoms with Gasteiger partial charge in [0.05, 0.1) is 6.61 Å². The minimum Gasteiger partial charge on any atom is -0.443 e. The zero-order valence-electron chi connectivity index (χ0n) is 9.77. The Balaban J connectivity index is 2.89. The fraction of sp³-hybridized carbons (Fsp3) is 0.444. The smallest absolute Gasteiger partial charge is 0.287 e. The van der Waals surface area contributed by atoms with Crippen molar-refractivity contribution in [3.8, 4) is 0 Å². The monoisotopic (exact) mass is 340 g/mol. The van der Waals surface area contributed by atoms with Crippen molar-refractivity contribution in [2.45, 2.75) is 17.9 Å². The number of carbonyl (C=O) groups excluding carboxylic acids is 1. The van der Waals surface area contributed by atoms with E-state index in [-0.39, 0.29) is 21.4 Å². The van der Waals surface area contributed by atoms with Gasteiger partial charge in [-0.1, -0.05) is 0 Å². The standard InChI is InChI=1S/C9H13BrN2O5S/c1-5(4-16-2)12-9(13)6-3-7(8(10)17-6)18(11,14)15/h3,5H,4H2,1-2H3,(H,12,13)(H2,11,14,15). The van der Waals surface area contributed by atoms with E-state index in [4.69, 9.17) is 14.3 Å². The van der Waals surface area contributed by atoms with E-state index in [0.717, 1.165) is 6.07 Å². The molecular weight excluding hydrogens is 328 g/mol. The van der Waals surface area contributed by atoms with Crippen molar-refractivity contribution in [2.24, 2.45) is 5.14 Å². The lowest BCUT2D eigenvalue weighted by Gasteiger charge is -2.10. The molecule has 7 nitrogen and oxygen atoms in total. The fourth-order valence-corrected chi connectivity index (χ4v) is 2.75. The normalized spacial score (nSPS) is 13.3. The first kappa shape index (κ1) is 15.2. The molecule has 0 bridgehead atoms. The number of primary sulfonamides is 1. The van der Waals surface area contributed by atoms with Gasteiger partial charge < -0.3 is 14.5 Å². The Morgan fingerprint density at radius 2 is 2.28 bits per heavy atom. The Morgan fingerprint density at radius 3 is 2.72 bits per heavy atom. The van der Waals surface area contributed by atoms with Gasteiger partial charge in [0, 0.05) is 19.2 Å². The third-order valence-electron chi connectivity index (χ3n) is 1.98. The summed E-state index contributed by atoms with van der Waals surface area (Å²) in [6, 6.07) is 0.832. The molecule has 9 heteroatoms. The number of sulfonamides is 1. The van der Waals surface area contributed by atoms with Gasteiger partial charge in [0.25, 0.3) is 5.91 Å². The number of hydrogen-bond donors (Lipinski definition) is 2. The molecule has 1 amide bonds. The number of carbonyl (C=O) groups is 1. The van der Waals surface area contributed by atoms with Gasteiger partial charge in [-0.05, 0) is 22.9 Å². The van der Waals surface area contributed by atoms with E-state index in [2.05, 4.69) is 21.2 Å². The van der Waals surface area contributed by atoms with Gasteiger partial charge in [0.15, 0.2) is 10.4 Å². The summed E-state index contributed by atoms with van der Waals surface area (Å²) in [7, 11) is -2.42. The van der Waals surface area contributed by atoms with Crippen molar-refractivity contribution in [3.63, 3.8) is 0 Å². The molecule has 1 unspecified atom stereocenters. The van der Waals surface area contributed by atoms with E-state index in [9.17, 15) is 13.2 Å². The van der Waals surface area contributed by atoms with Gasteiger partial charge in [-0.15, -0.1) is 0 Å². The Labute approximate surface area is 113 Å². The highest BCUT2D eigenvalue weighted by Gasteiger charge is 2.22. The highest BCUT2D eigenvalue weighted by molar-refractivity contribution is 9.10. The Bertz CT molecular complexity index is 539. The van der Waals surface area contributed by atoms with Crippen molar-refractivity contribution < 1.29 is 22.4 Å². The third-order valence-corrected chi connectivity index (χ3v) is 3.75. The fourth-order valence-electron chi connectivity index (χ4n) is 1.24. The maximum Gasteiger partial charge on any atom is 0.287 e. The molecule has 0 aromatic carbocycles. The second-order valence-corrected chi connectivity index (χ2v) is 5.87. The molecule has 1 aromatic heterocycles. The largest absolute Gasteiger partial charge is 0.443 e. The second-order valence-electron chi connectivity index (χ2n) is 3.62. The molecule has 1 aromatic rings. The molecule has 0 aliphatic heterocycles. The van der Waals surface area contributed by atoms with Crippen LogP contribution in [0, 0.1) is 0 Å². The lowest BCUT2D eigenvalue weighted by molar-refractivity contribution is 0.0876. The van der Waals surface area contributed by atoms with Crippen molar-refractivity contribution in [1.29, 1.82) is 0 Å². The predicted molar refractivity (Wildman–Crippen MR) is 66.6 cm³/mol. The van der Waals surface area contributed by atoms with Gasteiger partial charge in [-0.2, -0.15) is 0 Å². The first-order valence-corrected chi connectivity index (χ1v) is 7.21. The summed E-state index contributed by atoms with van der Waals surface area (Å²) in [5, 5.41) is 7.53. The number of ether oxygens (including phenoxy) is 1. The first-order valence-electron chi connectivity index (χ1n) is 4.87. The second kappa shape index (κ2) is 5.83. The molecular formula is C9H13BrN2O5S. The summed E-state index contributed by atoms with van der Waals surface area (Å²) in [4.78, 5) is 11.4. The van der Waals surface area contributed by atoms with Crippen molar-refractivity contribution in [1.82, 2.24) is 5.32 Å². The Morgan fingerprint density at radius 1 is 1.67 bits per heavy atom. The van der Waals surface area contributed by atoms with Crippen LogP contribution in [0.1, 0.15) is 17.5 Å². The molecule has 18 heavy (non-hydrogen) atoms. The van der Waals surface area contributed by atoms with E-state index in [0.29, 0.717) is 6.61 Å². The minimum absolute atomic E-state index is 0.102. The van der Waals surface area contributed by atoms with Gasteiger partial charge in [-0.3, -0.25) is 4.79 Å². The van der Waals surface area contributed by atoms with E-state index >= 15 is 0 Å². The van der Waals surface area contributed by atoms with Crippen LogP contribution in [0.4, 0.5) is 0 Å². The van der Waals surface area contributed by atoms with Gasteiger partial charge in [0.2, 0.25) is 10.0 Å². The number of amides is 1. The van der Waals surface area contributed by atoms with E-state index in [1.165, 1.54) is 7.11 Å². The molecule has 0 aliphatic rings. The van der Waals surface area contributed by atoms with Crippen LogP contribution in [0.15, 0.2) is 20.0 Å².